The molecule has 0 aromatic carbocycles. The van der Waals surface area contributed by atoms with Crippen LogP contribution in [-0.2, 0) is 4.74 Å². The minimum Gasteiger partial charge on any atom is -0.499 e. The Bertz CT molecular complexity index is 62.5. The van der Waals surface area contributed by atoms with Gasteiger partial charge in [0.05, 0.1) is 12.9 Å². The summed E-state index contributed by atoms with van der Waals surface area (Å²) in [6, 6.07) is 0. The second-order valence-electron chi connectivity index (χ2n) is 1.33. The normalized spacial score (nSPS) is 19.4. The van der Waals surface area contributed by atoms with E-state index in [-0.39, 0.29) is 0 Å². The monoisotopic (exact) mass is 98.1 g/mol. The summed E-state index contributed by atoms with van der Waals surface area (Å²) in [6.07, 6.45) is 5.48. The molecular weight excluding hydrogens is 90.1 g/mol. The maximum atomic E-state index is 4.90. The van der Waals surface area contributed by atoms with Gasteiger partial charge in [0.2, 0.25) is 0 Å². The lowest BCUT2D eigenvalue weighted by atomic mass is 10.5. The van der Waals surface area contributed by atoms with Crippen LogP contribution >= 0.6 is 0 Å². The summed E-state index contributed by atoms with van der Waals surface area (Å²) in [5.41, 5.74) is 0. The van der Waals surface area contributed by atoms with Crippen LogP contribution in [0.15, 0.2) is 12.5 Å². The Balaban J connectivity index is 2.20. The summed E-state index contributed by atoms with van der Waals surface area (Å²) in [4.78, 5) is 0. The predicted molar refractivity (Wildman–Crippen MR) is 27.4 cm³/mol. The van der Waals surface area contributed by atoms with Gasteiger partial charge in [0.1, 0.15) is 0 Å². The zero-order valence-electron chi connectivity index (χ0n) is 4.05. The van der Waals surface area contributed by atoms with Crippen molar-refractivity contribution in [1.29, 1.82) is 0 Å². The molecule has 7 heavy (non-hydrogen) atoms. The predicted octanol–water partition coefficient (Wildman–Crippen LogP) is 0.282. The SMILES string of the molecule is [CH]1CNC=COC1. The van der Waals surface area contributed by atoms with Crippen LogP contribution in [0.4, 0.5) is 0 Å². The molecule has 0 aliphatic carbocycles. The van der Waals surface area contributed by atoms with Gasteiger partial charge in [-0.1, -0.05) is 0 Å². The Morgan fingerprint density at radius 2 is 2.57 bits per heavy atom. The molecule has 1 heterocycles. The van der Waals surface area contributed by atoms with Gasteiger partial charge >= 0.3 is 0 Å². The highest BCUT2D eigenvalue weighted by atomic mass is 16.5. The van der Waals surface area contributed by atoms with Gasteiger partial charge in [0, 0.05) is 19.2 Å². The Morgan fingerprint density at radius 1 is 1.57 bits per heavy atom. The van der Waals surface area contributed by atoms with Crippen molar-refractivity contribution in [2.75, 3.05) is 13.2 Å². The van der Waals surface area contributed by atoms with Gasteiger partial charge in [0.15, 0.2) is 0 Å². The fourth-order valence-corrected chi connectivity index (χ4v) is 0.430. The van der Waals surface area contributed by atoms with E-state index >= 15 is 0 Å². The molecule has 2 heteroatoms. The molecular formula is C5H8NO. The molecule has 39 valence electrons. The molecule has 0 bridgehead atoms. The minimum absolute atomic E-state index is 0.726. The molecule has 1 rings (SSSR count). The molecule has 0 saturated carbocycles. The highest BCUT2D eigenvalue weighted by Gasteiger charge is 1.87. The standard InChI is InChI=1S/C5H8NO/c1-2-6-3-5-7-4-1/h1,3,5-6H,2,4H2. The lowest BCUT2D eigenvalue weighted by molar-refractivity contribution is 0.280. The van der Waals surface area contributed by atoms with Crippen LogP contribution in [0.25, 0.3) is 0 Å². The van der Waals surface area contributed by atoms with E-state index in [4.69, 9.17) is 4.74 Å². The lowest BCUT2D eigenvalue weighted by Gasteiger charge is -1.91. The molecule has 1 aliphatic rings. The van der Waals surface area contributed by atoms with Crippen molar-refractivity contribution in [2.24, 2.45) is 0 Å². The van der Waals surface area contributed by atoms with Crippen LogP contribution in [0.3, 0.4) is 0 Å². The van der Waals surface area contributed by atoms with Crippen molar-refractivity contribution in [3.8, 4) is 0 Å². The molecule has 0 aromatic heterocycles. The van der Waals surface area contributed by atoms with Crippen LogP contribution in [0.1, 0.15) is 0 Å². The summed E-state index contributed by atoms with van der Waals surface area (Å²) in [5.74, 6) is 0. The first-order valence-electron chi connectivity index (χ1n) is 2.32. The minimum atomic E-state index is 0.726. The molecule has 0 atom stereocenters. The largest absolute Gasteiger partial charge is 0.499 e. The van der Waals surface area contributed by atoms with Crippen LogP contribution in [-0.4, -0.2) is 13.2 Å². The Morgan fingerprint density at radius 3 is 3.57 bits per heavy atom. The first-order chi connectivity index (χ1) is 3.50. The van der Waals surface area contributed by atoms with Crippen molar-refractivity contribution in [2.45, 2.75) is 0 Å². The number of nitrogens with one attached hydrogen (secondary N) is 1. The van der Waals surface area contributed by atoms with Crippen LogP contribution in [0.2, 0.25) is 0 Å². The molecule has 1 N–H and O–H groups in total. The second-order valence-corrected chi connectivity index (χ2v) is 1.33. The third-order valence-electron chi connectivity index (χ3n) is 0.758. The zero-order valence-corrected chi connectivity index (χ0v) is 4.05. The first kappa shape index (κ1) is 4.50. The summed E-state index contributed by atoms with van der Waals surface area (Å²) in [5, 5.41) is 2.99. The highest BCUT2D eigenvalue weighted by molar-refractivity contribution is 4.80. The van der Waals surface area contributed by atoms with E-state index in [9.17, 15) is 0 Å². The van der Waals surface area contributed by atoms with Gasteiger partial charge < -0.3 is 10.1 Å². The van der Waals surface area contributed by atoms with E-state index < -0.39 is 0 Å². The topological polar surface area (TPSA) is 21.3 Å². The van der Waals surface area contributed by atoms with Gasteiger partial charge in [-0.25, -0.2) is 0 Å². The summed E-state index contributed by atoms with van der Waals surface area (Å²) in [6.45, 7) is 1.64. The van der Waals surface area contributed by atoms with E-state index in [1.165, 1.54) is 0 Å². The third-order valence-corrected chi connectivity index (χ3v) is 0.758. The average Bonchev–Trinajstić information content (AvgIpc) is 1.90. The Labute approximate surface area is 43.2 Å². The summed E-state index contributed by atoms with van der Waals surface area (Å²) >= 11 is 0. The molecule has 0 fully saturated rings. The molecule has 0 saturated heterocycles. The number of hydrogen-bond acceptors (Lipinski definition) is 2. The maximum Gasteiger partial charge on any atom is 0.0985 e. The quantitative estimate of drug-likeness (QED) is 0.470. The average molecular weight is 98.1 g/mol. The van der Waals surface area contributed by atoms with E-state index in [0.29, 0.717) is 0 Å². The fourth-order valence-electron chi connectivity index (χ4n) is 0.430. The van der Waals surface area contributed by atoms with Gasteiger partial charge in [-0.05, 0) is 0 Å². The van der Waals surface area contributed by atoms with Crippen LogP contribution in [0, 0.1) is 6.42 Å². The van der Waals surface area contributed by atoms with Crippen molar-refractivity contribution in [3.05, 3.63) is 18.9 Å². The van der Waals surface area contributed by atoms with Crippen molar-refractivity contribution >= 4 is 0 Å². The van der Waals surface area contributed by atoms with Gasteiger partial charge in [-0.3, -0.25) is 0 Å². The summed E-state index contributed by atoms with van der Waals surface area (Å²) in [7, 11) is 0. The molecule has 1 aliphatic heterocycles. The number of rotatable bonds is 0. The van der Waals surface area contributed by atoms with Crippen molar-refractivity contribution in [1.82, 2.24) is 5.32 Å². The molecule has 1 radical (unpaired) electrons. The Kier molecular flexibility index (Phi) is 1.61. The molecule has 0 spiro atoms. The second kappa shape index (κ2) is 2.50. The third kappa shape index (κ3) is 1.48. The summed E-state index contributed by atoms with van der Waals surface area (Å²) < 4.78 is 4.90. The van der Waals surface area contributed by atoms with E-state index in [2.05, 4.69) is 5.32 Å². The zero-order chi connectivity index (χ0) is 4.95. The number of hydrogen-bond donors (Lipinski definition) is 1. The van der Waals surface area contributed by atoms with Crippen molar-refractivity contribution in [3.63, 3.8) is 0 Å². The van der Waals surface area contributed by atoms with E-state index in [1.54, 1.807) is 12.5 Å². The molecule has 2 nitrogen and oxygen atoms in total. The van der Waals surface area contributed by atoms with Gasteiger partial charge in [-0.15, -0.1) is 0 Å². The van der Waals surface area contributed by atoms with Gasteiger partial charge in [0.25, 0.3) is 0 Å². The first-order valence-corrected chi connectivity index (χ1v) is 2.32. The van der Waals surface area contributed by atoms with Crippen molar-refractivity contribution < 1.29 is 4.74 Å². The smallest absolute Gasteiger partial charge is 0.0985 e. The fraction of sp³-hybridized carbons (Fsp3) is 0.400. The Hall–Kier alpha value is -0.660. The van der Waals surface area contributed by atoms with Crippen LogP contribution in [0.5, 0.6) is 0 Å². The van der Waals surface area contributed by atoms with Gasteiger partial charge in [-0.2, -0.15) is 0 Å². The maximum absolute atomic E-state index is 4.90. The molecule has 0 unspecified atom stereocenters. The van der Waals surface area contributed by atoms with Crippen LogP contribution < -0.4 is 5.32 Å². The molecule has 0 amide bonds. The highest BCUT2D eigenvalue weighted by Crippen LogP contribution is 1.84. The number of ether oxygens (including phenoxy) is 1. The van der Waals surface area contributed by atoms with E-state index in [1.807, 2.05) is 6.42 Å². The molecule has 0 aromatic rings. The van der Waals surface area contributed by atoms with E-state index in [0.717, 1.165) is 13.2 Å². The lowest BCUT2D eigenvalue weighted by Crippen LogP contribution is -2.05.